The molecule has 0 saturated carbocycles. The Hall–Kier alpha value is -0.290. The van der Waals surface area contributed by atoms with E-state index in [4.69, 9.17) is 16.9 Å². The molecule has 0 radical (unpaired) electrons. The Morgan fingerprint density at radius 2 is 2.33 bits per heavy atom. The molecule has 1 aromatic heterocycles. The molecule has 0 bridgehead atoms. The van der Waals surface area contributed by atoms with Crippen LogP contribution in [0.15, 0.2) is 4.34 Å². The van der Waals surface area contributed by atoms with Crippen molar-refractivity contribution in [1.29, 1.82) is 5.26 Å². The molecular weight excluding hydrogens is 276 g/mol. The van der Waals surface area contributed by atoms with Crippen LogP contribution in [-0.2, 0) is 9.84 Å². The van der Waals surface area contributed by atoms with E-state index in [0.29, 0.717) is 14.4 Å². The van der Waals surface area contributed by atoms with Gasteiger partial charge in [-0.15, -0.1) is 0 Å². The van der Waals surface area contributed by atoms with Crippen molar-refractivity contribution in [3.63, 3.8) is 0 Å². The van der Waals surface area contributed by atoms with Crippen LogP contribution >= 0.6 is 34.7 Å². The summed E-state index contributed by atoms with van der Waals surface area (Å²) in [5.74, 6) is 0.518. The van der Waals surface area contributed by atoms with Gasteiger partial charge < -0.3 is 0 Å². The number of thioether (sulfide) groups is 1. The summed E-state index contributed by atoms with van der Waals surface area (Å²) in [5.41, 5.74) is 0.198. The van der Waals surface area contributed by atoms with Crippen molar-refractivity contribution in [3.05, 3.63) is 10.0 Å². The second-order valence-electron chi connectivity index (χ2n) is 2.69. The van der Waals surface area contributed by atoms with Gasteiger partial charge in [-0.2, -0.15) is 5.26 Å². The minimum absolute atomic E-state index is 0.0940. The van der Waals surface area contributed by atoms with Crippen LogP contribution in [0.5, 0.6) is 0 Å². The Morgan fingerprint density at radius 3 is 2.80 bits per heavy atom. The highest BCUT2D eigenvalue weighted by Crippen LogP contribution is 2.30. The molecule has 0 fully saturated rings. The highest BCUT2D eigenvalue weighted by atomic mass is 35.5. The third kappa shape index (κ3) is 4.38. The fourth-order valence-electron chi connectivity index (χ4n) is 0.694. The molecule has 0 aromatic carbocycles. The average molecular weight is 283 g/mol. The molecule has 1 rings (SSSR count). The van der Waals surface area contributed by atoms with Crippen LogP contribution < -0.4 is 0 Å². The van der Waals surface area contributed by atoms with Crippen molar-refractivity contribution < 1.29 is 8.42 Å². The number of nitrogens with zero attached hydrogens (tertiary/aromatic N) is 2. The minimum atomic E-state index is -2.95. The summed E-state index contributed by atoms with van der Waals surface area (Å²) in [6.07, 6.45) is 1.18. The van der Waals surface area contributed by atoms with Crippen molar-refractivity contribution in [1.82, 2.24) is 4.98 Å². The standard InChI is InChI=1S/C7H7ClN2O2S3/c1-15(11,12)3-2-13-7-10-5(4-9)6(8)14-7/h2-3H2,1H3. The summed E-state index contributed by atoms with van der Waals surface area (Å²) in [6, 6.07) is 1.86. The molecule has 0 aliphatic carbocycles. The Labute approximate surface area is 101 Å². The second-order valence-corrected chi connectivity index (χ2v) is 7.90. The second kappa shape index (κ2) is 5.16. The van der Waals surface area contributed by atoms with E-state index >= 15 is 0 Å². The summed E-state index contributed by atoms with van der Waals surface area (Å²) in [7, 11) is -2.95. The van der Waals surface area contributed by atoms with Gasteiger partial charge in [-0.05, 0) is 0 Å². The van der Waals surface area contributed by atoms with Crippen LogP contribution in [0.1, 0.15) is 5.69 Å². The molecule has 8 heteroatoms. The maximum absolute atomic E-state index is 10.8. The van der Waals surface area contributed by atoms with Crippen molar-refractivity contribution >= 4 is 44.5 Å². The third-order valence-electron chi connectivity index (χ3n) is 1.35. The number of hydrogen-bond donors (Lipinski definition) is 0. The number of rotatable bonds is 4. The molecule has 0 N–H and O–H groups in total. The van der Waals surface area contributed by atoms with E-state index < -0.39 is 9.84 Å². The fourth-order valence-corrected chi connectivity index (χ4v) is 4.22. The van der Waals surface area contributed by atoms with E-state index in [2.05, 4.69) is 4.98 Å². The molecule has 0 unspecified atom stereocenters. The van der Waals surface area contributed by atoms with Gasteiger partial charge in [0.15, 0.2) is 10.0 Å². The number of aromatic nitrogens is 1. The van der Waals surface area contributed by atoms with Gasteiger partial charge in [-0.25, -0.2) is 13.4 Å². The average Bonchev–Trinajstić information content (AvgIpc) is 2.44. The molecule has 4 nitrogen and oxygen atoms in total. The Morgan fingerprint density at radius 1 is 1.67 bits per heavy atom. The zero-order valence-corrected chi connectivity index (χ0v) is 10.9. The van der Waals surface area contributed by atoms with Crippen LogP contribution in [-0.4, -0.2) is 31.2 Å². The van der Waals surface area contributed by atoms with E-state index in [1.165, 1.54) is 29.4 Å². The van der Waals surface area contributed by atoms with Crippen LogP contribution in [0.25, 0.3) is 0 Å². The van der Waals surface area contributed by atoms with Crippen LogP contribution in [0.3, 0.4) is 0 Å². The van der Waals surface area contributed by atoms with E-state index in [0.717, 1.165) is 0 Å². The van der Waals surface area contributed by atoms with Crippen molar-refractivity contribution in [3.8, 4) is 6.07 Å². The summed E-state index contributed by atoms with van der Waals surface area (Å²) >= 11 is 8.20. The summed E-state index contributed by atoms with van der Waals surface area (Å²) in [4.78, 5) is 3.94. The van der Waals surface area contributed by atoms with Crippen molar-refractivity contribution in [2.45, 2.75) is 4.34 Å². The van der Waals surface area contributed by atoms with E-state index in [1.807, 2.05) is 6.07 Å². The molecule has 82 valence electrons. The van der Waals surface area contributed by atoms with Gasteiger partial charge in [0.25, 0.3) is 0 Å². The largest absolute Gasteiger partial charge is 0.229 e. The number of thiazole rings is 1. The van der Waals surface area contributed by atoms with E-state index in [1.54, 1.807) is 0 Å². The van der Waals surface area contributed by atoms with E-state index in [9.17, 15) is 8.42 Å². The van der Waals surface area contributed by atoms with Crippen molar-refractivity contribution in [2.24, 2.45) is 0 Å². The molecule has 0 saturated heterocycles. The normalized spacial score (nSPS) is 11.3. The molecule has 0 amide bonds. The van der Waals surface area contributed by atoms with Crippen LogP contribution in [0.2, 0.25) is 4.34 Å². The van der Waals surface area contributed by atoms with Gasteiger partial charge in [0.1, 0.15) is 20.2 Å². The number of sulfone groups is 1. The maximum Gasteiger partial charge on any atom is 0.171 e. The first-order valence-corrected chi connectivity index (χ1v) is 8.03. The highest BCUT2D eigenvalue weighted by molar-refractivity contribution is 8.02. The van der Waals surface area contributed by atoms with Gasteiger partial charge in [-0.3, -0.25) is 0 Å². The Balaban J connectivity index is 2.56. The first-order valence-electron chi connectivity index (χ1n) is 3.79. The number of hydrogen-bond acceptors (Lipinski definition) is 6. The molecule has 1 heterocycles. The lowest BCUT2D eigenvalue weighted by atomic mass is 10.6. The topological polar surface area (TPSA) is 70.8 Å². The number of nitriles is 1. The molecule has 0 spiro atoms. The summed E-state index contributed by atoms with van der Waals surface area (Å²) < 4.78 is 22.7. The van der Waals surface area contributed by atoms with Gasteiger partial charge in [0, 0.05) is 12.0 Å². The quantitative estimate of drug-likeness (QED) is 0.788. The summed E-state index contributed by atoms with van der Waals surface area (Å²) in [5, 5.41) is 8.59. The molecule has 0 aliphatic rings. The molecule has 0 atom stereocenters. The predicted molar refractivity (Wildman–Crippen MR) is 62.3 cm³/mol. The molecule has 15 heavy (non-hydrogen) atoms. The first kappa shape index (κ1) is 12.8. The van der Waals surface area contributed by atoms with Crippen LogP contribution in [0.4, 0.5) is 0 Å². The van der Waals surface area contributed by atoms with E-state index in [-0.39, 0.29) is 11.4 Å². The lowest BCUT2D eigenvalue weighted by Crippen LogP contribution is -2.04. The molecular formula is C7H7ClN2O2S3. The Bertz CT molecular complexity index is 489. The van der Waals surface area contributed by atoms with Gasteiger partial charge >= 0.3 is 0 Å². The zero-order chi connectivity index (χ0) is 11.5. The monoisotopic (exact) mass is 282 g/mol. The van der Waals surface area contributed by atoms with Gasteiger partial charge in [0.05, 0.1) is 5.75 Å². The van der Waals surface area contributed by atoms with Gasteiger partial charge in [0.2, 0.25) is 0 Å². The maximum atomic E-state index is 10.8. The fraction of sp³-hybridized carbons (Fsp3) is 0.429. The Kier molecular flexibility index (Phi) is 4.40. The van der Waals surface area contributed by atoms with Crippen LogP contribution in [0, 0.1) is 11.3 Å². The zero-order valence-electron chi connectivity index (χ0n) is 7.73. The summed E-state index contributed by atoms with van der Waals surface area (Å²) in [6.45, 7) is 0. The molecule has 1 aromatic rings. The lowest BCUT2D eigenvalue weighted by molar-refractivity contribution is 0.603. The predicted octanol–water partition coefficient (Wildman–Crippen LogP) is 1.80. The first-order chi connectivity index (χ1) is 6.92. The minimum Gasteiger partial charge on any atom is -0.229 e. The lowest BCUT2D eigenvalue weighted by Gasteiger charge is -1.94. The van der Waals surface area contributed by atoms with Gasteiger partial charge in [-0.1, -0.05) is 34.7 Å². The third-order valence-corrected chi connectivity index (χ3v) is 4.95. The number of halogens is 1. The SMILES string of the molecule is CS(=O)(=O)CCSc1nc(C#N)c(Cl)s1. The molecule has 0 aliphatic heterocycles. The smallest absolute Gasteiger partial charge is 0.171 e. The highest BCUT2D eigenvalue weighted by Gasteiger charge is 2.10. The van der Waals surface area contributed by atoms with Crippen molar-refractivity contribution in [2.75, 3.05) is 17.8 Å².